The highest BCUT2D eigenvalue weighted by Gasteiger charge is 2.30. The Bertz CT molecular complexity index is 743. The minimum atomic E-state index is -3.48. The predicted octanol–water partition coefficient (Wildman–Crippen LogP) is 2.99. The molecule has 2 aromatic rings. The van der Waals surface area contributed by atoms with Crippen LogP contribution in [0.25, 0.3) is 0 Å². The van der Waals surface area contributed by atoms with Gasteiger partial charge in [-0.25, -0.2) is 8.42 Å². The van der Waals surface area contributed by atoms with E-state index in [4.69, 9.17) is 9.47 Å². The maximum Gasteiger partial charge on any atom is 0.252 e. The van der Waals surface area contributed by atoms with Gasteiger partial charge in [0.2, 0.25) is 0 Å². The molecule has 2 heterocycles. The molecule has 3 rings (SSSR count). The van der Waals surface area contributed by atoms with Crippen molar-refractivity contribution in [3.8, 4) is 11.5 Å². The summed E-state index contributed by atoms with van der Waals surface area (Å²) in [6.07, 6.45) is 0.431. The molecule has 0 saturated heterocycles. The third-order valence-corrected chi connectivity index (χ3v) is 6.78. The summed E-state index contributed by atoms with van der Waals surface area (Å²) >= 11 is 1.23. The van der Waals surface area contributed by atoms with Gasteiger partial charge in [-0.3, -0.25) is 0 Å². The lowest BCUT2D eigenvalue weighted by molar-refractivity contribution is 0.0764. The van der Waals surface area contributed by atoms with Gasteiger partial charge >= 0.3 is 0 Å². The number of thiophene rings is 1. The van der Waals surface area contributed by atoms with Crippen molar-refractivity contribution in [1.82, 2.24) is 4.31 Å². The third-order valence-electron chi connectivity index (χ3n) is 3.54. The highest BCUT2D eigenvalue weighted by molar-refractivity contribution is 7.91. The van der Waals surface area contributed by atoms with Gasteiger partial charge in [-0.15, -0.1) is 11.3 Å². The molecule has 0 fully saturated rings. The molecule has 0 unspecified atom stereocenters. The maximum absolute atomic E-state index is 12.7. The van der Waals surface area contributed by atoms with Crippen molar-refractivity contribution in [2.24, 2.45) is 0 Å². The van der Waals surface area contributed by atoms with Crippen molar-refractivity contribution in [2.45, 2.75) is 23.7 Å². The smallest absolute Gasteiger partial charge is 0.252 e. The van der Waals surface area contributed by atoms with Gasteiger partial charge in [-0.2, -0.15) is 4.31 Å². The summed E-state index contributed by atoms with van der Waals surface area (Å²) in [4.78, 5) is 0. The fourth-order valence-corrected chi connectivity index (χ4v) is 5.18. The molecule has 0 saturated carbocycles. The number of rotatable bonds is 6. The number of hydrogen-bond donors (Lipinski definition) is 0. The number of hydrogen-bond acceptors (Lipinski definition) is 5. The zero-order valence-corrected chi connectivity index (χ0v) is 14.5. The Morgan fingerprint density at radius 2 is 2.00 bits per heavy atom. The second-order valence-electron chi connectivity index (χ2n) is 5.29. The zero-order valence-electron chi connectivity index (χ0n) is 12.8. The van der Waals surface area contributed by atoms with Gasteiger partial charge in [0.15, 0.2) is 11.5 Å². The number of nitrogens with zero attached hydrogens (tertiary/aromatic N) is 1. The SMILES string of the molecule is CCCN(C[C@@H]1COc2ccccc2O1)S(=O)(=O)c1cccs1. The molecule has 23 heavy (non-hydrogen) atoms. The molecule has 124 valence electrons. The fourth-order valence-electron chi connectivity index (χ4n) is 2.48. The van der Waals surface area contributed by atoms with Crippen LogP contribution in [0.3, 0.4) is 0 Å². The van der Waals surface area contributed by atoms with E-state index in [1.54, 1.807) is 17.5 Å². The topological polar surface area (TPSA) is 55.8 Å². The average Bonchev–Trinajstić information content (AvgIpc) is 3.09. The molecule has 1 aromatic carbocycles. The second-order valence-corrected chi connectivity index (χ2v) is 8.41. The first-order chi connectivity index (χ1) is 11.1. The number of fused-ring (bicyclic) bond motifs is 1. The van der Waals surface area contributed by atoms with Gasteiger partial charge in [0.05, 0.1) is 6.54 Å². The summed E-state index contributed by atoms with van der Waals surface area (Å²) in [6.45, 7) is 3.05. The van der Waals surface area contributed by atoms with Crippen molar-refractivity contribution in [2.75, 3.05) is 19.7 Å². The lowest BCUT2D eigenvalue weighted by Gasteiger charge is -2.30. The largest absolute Gasteiger partial charge is 0.486 e. The van der Waals surface area contributed by atoms with Gasteiger partial charge in [0, 0.05) is 6.54 Å². The van der Waals surface area contributed by atoms with E-state index in [0.717, 1.165) is 6.42 Å². The standard InChI is InChI=1S/C16H19NO4S2/c1-2-9-17(23(18,19)16-8-5-10-22-16)11-13-12-20-14-6-3-4-7-15(14)21-13/h3-8,10,13H,2,9,11-12H2,1H3/t13-/m1/s1. The van der Waals surface area contributed by atoms with Gasteiger partial charge in [-0.05, 0) is 30.0 Å². The van der Waals surface area contributed by atoms with Crippen molar-refractivity contribution >= 4 is 21.4 Å². The molecule has 0 aliphatic carbocycles. The Morgan fingerprint density at radius 1 is 1.22 bits per heavy atom. The Morgan fingerprint density at radius 3 is 2.70 bits per heavy atom. The van der Waals surface area contributed by atoms with Crippen LogP contribution in [0.1, 0.15) is 13.3 Å². The molecular formula is C16H19NO4S2. The summed E-state index contributed by atoms with van der Waals surface area (Å²) in [5.74, 6) is 1.36. The molecule has 1 atom stereocenters. The highest BCUT2D eigenvalue weighted by Crippen LogP contribution is 2.31. The van der Waals surface area contributed by atoms with E-state index in [2.05, 4.69) is 0 Å². The van der Waals surface area contributed by atoms with Crippen LogP contribution in [0.5, 0.6) is 11.5 Å². The summed E-state index contributed by atoms with van der Waals surface area (Å²) in [5.41, 5.74) is 0. The highest BCUT2D eigenvalue weighted by atomic mass is 32.2. The second kappa shape index (κ2) is 6.90. The van der Waals surface area contributed by atoms with Crippen LogP contribution in [0.4, 0.5) is 0 Å². The van der Waals surface area contributed by atoms with Crippen molar-refractivity contribution in [3.05, 3.63) is 41.8 Å². The first kappa shape index (κ1) is 16.3. The first-order valence-corrected chi connectivity index (χ1v) is 9.85. The monoisotopic (exact) mass is 353 g/mol. The quantitative estimate of drug-likeness (QED) is 0.801. The normalized spacial score (nSPS) is 17.4. The van der Waals surface area contributed by atoms with Crippen molar-refractivity contribution < 1.29 is 17.9 Å². The third kappa shape index (κ3) is 3.52. The van der Waals surface area contributed by atoms with Crippen molar-refractivity contribution in [3.63, 3.8) is 0 Å². The van der Waals surface area contributed by atoms with Crippen LogP contribution in [0.15, 0.2) is 46.0 Å². The molecule has 0 N–H and O–H groups in total. The van der Waals surface area contributed by atoms with Crippen molar-refractivity contribution in [1.29, 1.82) is 0 Å². The Kier molecular flexibility index (Phi) is 4.89. The van der Waals surface area contributed by atoms with E-state index in [0.29, 0.717) is 28.9 Å². The van der Waals surface area contributed by atoms with E-state index >= 15 is 0 Å². The number of sulfonamides is 1. The average molecular weight is 353 g/mol. The zero-order chi connectivity index (χ0) is 16.3. The molecular weight excluding hydrogens is 334 g/mol. The summed E-state index contributed by atoms with van der Waals surface area (Å²) in [6, 6.07) is 10.8. The van der Waals surface area contributed by atoms with Gasteiger partial charge in [0.25, 0.3) is 10.0 Å². The lowest BCUT2D eigenvalue weighted by atomic mass is 10.2. The van der Waals surface area contributed by atoms with Crippen LogP contribution in [0, 0.1) is 0 Å². The molecule has 1 aromatic heterocycles. The van der Waals surface area contributed by atoms with E-state index in [1.807, 2.05) is 31.2 Å². The Hall–Kier alpha value is -1.57. The molecule has 7 heteroatoms. The fraction of sp³-hybridized carbons (Fsp3) is 0.375. The summed E-state index contributed by atoms with van der Waals surface area (Å²) < 4.78 is 38.9. The van der Waals surface area contributed by atoms with Gasteiger partial charge in [0.1, 0.15) is 16.9 Å². The Balaban J connectivity index is 1.76. The maximum atomic E-state index is 12.7. The molecule has 0 amide bonds. The molecule has 0 bridgehead atoms. The molecule has 0 radical (unpaired) electrons. The summed E-state index contributed by atoms with van der Waals surface area (Å²) in [5, 5.41) is 1.77. The van der Waals surface area contributed by atoms with Crippen LogP contribution in [-0.2, 0) is 10.0 Å². The lowest BCUT2D eigenvalue weighted by Crippen LogP contribution is -2.43. The number of para-hydroxylation sites is 2. The van der Waals surface area contributed by atoms with Gasteiger partial charge in [-0.1, -0.05) is 25.1 Å². The number of ether oxygens (including phenoxy) is 2. The Labute approximate surface area is 140 Å². The van der Waals surface area contributed by atoms with E-state index in [-0.39, 0.29) is 12.6 Å². The van der Waals surface area contributed by atoms with Crippen LogP contribution < -0.4 is 9.47 Å². The van der Waals surface area contributed by atoms with E-state index in [1.165, 1.54) is 15.6 Å². The molecule has 5 nitrogen and oxygen atoms in total. The number of benzene rings is 1. The first-order valence-electron chi connectivity index (χ1n) is 7.53. The van der Waals surface area contributed by atoms with Crippen LogP contribution in [-0.4, -0.2) is 38.5 Å². The van der Waals surface area contributed by atoms with E-state index in [9.17, 15) is 8.42 Å². The molecule has 1 aliphatic rings. The predicted molar refractivity (Wildman–Crippen MR) is 89.7 cm³/mol. The van der Waals surface area contributed by atoms with Gasteiger partial charge < -0.3 is 9.47 Å². The van der Waals surface area contributed by atoms with Crippen LogP contribution >= 0.6 is 11.3 Å². The minimum absolute atomic E-state index is 0.280. The van der Waals surface area contributed by atoms with E-state index < -0.39 is 10.0 Å². The summed E-state index contributed by atoms with van der Waals surface area (Å²) in [7, 11) is -3.48. The minimum Gasteiger partial charge on any atom is -0.486 e. The molecule has 0 spiro atoms. The van der Waals surface area contributed by atoms with Crippen LogP contribution in [0.2, 0.25) is 0 Å². The molecule has 1 aliphatic heterocycles.